The number of thiol groups is 1. The van der Waals surface area contributed by atoms with E-state index in [4.69, 9.17) is 11.5 Å². The molecule has 37 heavy (non-hydrogen) atoms. The van der Waals surface area contributed by atoms with Crippen LogP contribution in [0.1, 0.15) is 32.3 Å². The van der Waals surface area contributed by atoms with E-state index in [0.717, 1.165) is 16.5 Å². The Morgan fingerprint density at radius 2 is 1.57 bits per heavy atom. The third kappa shape index (κ3) is 8.79. The van der Waals surface area contributed by atoms with Gasteiger partial charge in [0.2, 0.25) is 23.6 Å². The van der Waals surface area contributed by atoms with Gasteiger partial charge >= 0.3 is 5.97 Å². The van der Waals surface area contributed by atoms with E-state index in [9.17, 15) is 29.1 Å². The first kappa shape index (κ1) is 29.6. The summed E-state index contributed by atoms with van der Waals surface area (Å²) in [4.78, 5) is 64.4. The smallest absolute Gasteiger partial charge is 0.326 e. The minimum absolute atomic E-state index is 0.00329. The first-order chi connectivity index (χ1) is 17.4. The molecule has 9 N–H and O–H groups in total. The Kier molecular flexibility index (Phi) is 10.9. The van der Waals surface area contributed by atoms with Gasteiger partial charge < -0.3 is 37.5 Å². The second-order valence-corrected chi connectivity index (χ2v) is 9.54. The molecule has 1 aromatic carbocycles. The van der Waals surface area contributed by atoms with Crippen LogP contribution in [-0.4, -0.2) is 69.6 Å². The molecule has 0 aliphatic carbocycles. The number of amides is 4. The molecular formula is C24H34N6O6S. The van der Waals surface area contributed by atoms with Gasteiger partial charge in [0, 0.05) is 29.3 Å². The lowest BCUT2D eigenvalue weighted by Crippen LogP contribution is -2.58. The fraction of sp³-hybridized carbons (Fsp3) is 0.458. The number of benzene rings is 1. The van der Waals surface area contributed by atoms with Crippen LogP contribution in [0, 0.1) is 5.92 Å². The number of hydrogen-bond donors (Lipinski definition) is 8. The van der Waals surface area contributed by atoms with Gasteiger partial charge in [0.1, 0.15) is 18.1 Å². The Morgan fingerprint density at radius 1 is 0.973 bits per heavy atom. The molecule has 12 nitrogen and oxygen atoms in total. The van der Waals surface area contributed by atoms with Crippen LogP contribution in [0.15, 0.2) is 30.5 Å². The van der Waals surface area contributed by atoms with Gasteiger partial charge in [-0.3, -0.25) is 19.2 Å². The molecule has 202 valence electrons. The van der Waals surface area contributed by atoms with Crippen molar-refractivity contribution in [3.8, 4) is 0 Å². The number of H-pyrrole nitrogens is 1. The third-order valence-corrected chi connectivity index (χ3v) is 5.99. The van der Waals surface area contributed by atoms with Gasteiger partial charge in [0.05, 0.1) is 12.5 Å². The van der Waals surface area contributed by atoms with E-state index in [0.29, 0.717) is 0 Å². The monoisotopic (exact) mass is 534 g/mol. The molecule has 13 heteroatoms. The minimum Gasteiger partial charge on any atom is -0.480 e. The highest BCUT2D eigenvalue weighted by Gasteiger charge is 2.31. The summed E-state index contributed by atoms with van der Waals surface area (Å²) < 4.78 is 0. The number of carbonyl (C=O) groups is 5. The molecule has 0 saturated heterocycles. The van der Waals surface area contributed by atoms with Crippen molar-refractivity contribution in [2.24, 2.45) is 17.4 Å². The number of aliphatic carboxylic acids is 1. The van der Waals surface area contributed by atoms with Gasteiger partial charge in [-0.1, -0.05) is 32.0 Å². The molecule has 0 aliphatic rings. The summed E-state index contributed by atoms with van der Waals surface area (Å²) in [5, 5.41) is 17.9. The molecule has 0 radical (unpaired) electrons. The van der Waals surface area contributed by atoms with Crippen LogP contribution >= 0.6 is 12.6 Å². The van der Waals surface area contributed by atoms with Crippen molar-refractivity contribution in [3.05, 3.63) is 36.0 Å². The topological polar surface area (TPSA) is 210 Å². The summed E-state index contributed by atoms with van der Waals surface area (Å²) in [7, 11) is 0. The molecule has 1 heterocycles. The van der Waals surface area contributed by atoms with E-state index in [1.54, 1.807) is 6.20 Å². The summed E-state index contributed by atoms with van der Waals surface area (Å²) in [6, 6.07) is 2.63. The van der Waals surface area contributed by atoms with Crippen molar-refractivity contribution < 1.29 is 29.1 Å². The molecule has 0 bridgehead atoms. The van der Waals surface area contributed by atoms with Crippen LogP contribution < -0.4 is 27.4 Å². The van der Waals surface area contributed by atoms with Crippen LogP contribution in [0.25, 0.3) is 10.9 Å². The average molecular weight is 535 g/mol. The number of nitrogens with two attached hydrogens (primary N) is 2. The van der Waals surface area contributed by atoms with E-state index in [2.05, 4.69) is 33.6 Å². The van der Waals surface area contributed by atoms with E-state index in [1.807, 2.05) is 38.1 Å². The van der Waals surface area contributed by atoms with Crippen molar-refractivity contribution in [1.82, 2.24) is 20.9 Å². The van der Waals surface area contributed by atoms with Crippen LogP contribution in [0.4, 0.5) is 0 Å². The molecular weight excluding hydrogens is 500 g/mol. The number of aromatic amines is 1. The van der Waals surface area contributed by atoms with Crippen LogP contribution in [0.5, 0.6) is 0 Å². The first-order valence-electron chi connectivity index (χ1n) is 11.8. The van der Waals surface area contributed by atoms with Gasteiger partial charge in [0.15, 0.2) is 0 Å². The van der Waals surface area contributed by atoms with Crippen LogP contribution in [0.2, 0.25) is 0 Å². The maximum atomic E-state index is 13.2. The highest BCUT2D eigenvalue weighted by atomic mass is 32.1. The summed E-state index contributed by atoms with van der Waals surface area (Å²) in [5.41, 5.74) is 12.3. The number of fused-ring (bicyclic) bond motifs is 1. The number of nitrogens with one attached hydrogen (secondary N) is 4. The van der Waals surface area contributed by atoms with Crippen molar-refractivity contribution in [1.29, 1.82) is 0 Å². The quantitative estimate of drug-likeness (QED) is 0.148. The lowest BCUT2D eigenvalue weighted by molar-refractivity contribution is -0.142. The average Bonchev–Trinajstić information content (AvgIpc) is 3.23. The lowest BCUT2D eigenvalue weighted by Gasteiger charge is -2.25. The van der Waals surface area contributed by atoms with Crippen LogP contribution in [-0.2, 0) is 30.4 Å². The number of carbonyl (C=O) groups excluding carboxylic acids is 4. The molecule has 4 amide bonds. The number of primary amides is 1. The zero-order chi connectivity index (χ0) is 27.7. The maximum absolute atomic E-state index is 13.2. The van der Waals surface area contributed by atoms with Crippen molar-refractivity contribution in [2.45, 2.75) is 57.3 Å². The highest BCUT2D eigenvalue weighted by Crippen LogP contribution is 2.19. The Bertz CT molecular complexity index is 1140. The molecule has 0 fully saturated rings. The molecule has 0 spiro atoms. The molecule has 0 saturated carbocycles. The largest absolute Gasteiger partial charge is 0.480 e. The van der Waals surface area contributed by atoms with E-state index in [1.165, 1.54) is 0 Å². The number of carboxylic acids is 1. The molecule has 2 rings (SSSR count). The molecule has 4 unspecified atom stereocenters. The Morgan fingerprint density at radius 3 is 2.16 bits per heavy atom. The molecule has 0 aliphatic heterocycles. The van der Waals surface area contributed by atoms with Gasteiger partial charge in [-0.25, -0.2) is 4.79 Å². The SMILES string of the molecule is CC(C)CC(NC(=O)C(Cc1c[nH]c2ccccc12)NC(=O)C(CS)NC(=O)C(N)CC(N)=O)C(=O)O. The van der Waals surface area contributed by atoms with Crippen molar-refractivity contribution in [2.75, 3.05) is 5.75 Å². The molecule has 2 aromatic rings. The molecule has 1 aromatic heterocycles. The number of para-hydroxylation sites is 1. The van der Waals surface area contributed by atoms with E-state index >= 15 is 0 Å². The van der Waals surface area contributed by atoms with Crippen LogP contribution in [0.3, 0.4) is 0 Å². The minimum atomic E-state index is -1.26. The van der Waals surface area contributed by atoms with Gasteiger partial charge in [-0.05, 0) is 24.0 Å². The number of hydrogen-bond acceptors (Lipinski definition) is 7. The first-order valence-corrected chi connectivity index (χ1v) is 12.4. The third-order valence-electron chi connectivity index (χ3n) is 5.63. The van der Waals surface area contributed by atoms with Crippen molar-refractivity contribution >= 4 is 53.1 Å². The predicted octanol–water partition coefficient (Wildman–Crippen LogP) is -0.572. The van der Waals surface area contributed by atoms with Gasteiger partial charge in [0.25, 0.3) is 0 Å². The number of carboxylic acid groups (broad SMARTS) is 1. The fourth-order valence-electron chi connectivity index (χ4n) is 3.75. The summed E-state index contributed by atoms with van der Waals surface area (Å²) in [5.74, 6) is -4.31. The van der Waals surface area contributed by atoms with E-state index in [-0.39, 0.29) is 24.5 Å². The van der Waals surface area contributed by atoms with E-state index < -0.39 is 60.2 Å². The Balaban J connectivity index is 2.26. The Hall–Kier alpha value is -3.58. The summed E-state index contributed by atoms with van der Waals surface area (Å²) in [6.07, 6.45) is 1.54. The lowest BCUT2D eigenvalue weighted by atomic mass is 10.0. The summed E-state index contributed by atoms with van der Waals surface area (Å²) >= 11 is 4.11. The Labute approximate surface area is 219 Å². The second-order valence-electron chi connectivity index (χ2n) is 9.17. The zero-order valence-corrected chi connectivity index (χ0v) is 21.6. The number of rotatable bonds is 14. The highest BCUT2D eigenvalue weighted by molar-refractivity contribution is 7.80. The van der Waals surface area contributed by atoms with Crippen molar-refractivity contribution in [3.63, 3.8) is 0 Å². The van der Waals surface area contributed by atoms with Gasteiger partial charge in [-0.15, -0.1) is 0 Å². The standard InChI is InChI=1S/C24H34N6O6S/c1-12(2)7-18(24(35)36)29-22(33)17(8-13-10-27-16-6-4-3-5-14(13)16)28-23(34)19(11-37)30-21(32)15(25)9-20(26)31/h3-6,10,12,15,17-19,27,37H,7-9,11,25H2,1-2H3,(H2,26,31)(H,28,34)(H,29,33)(H,30,32)(H,35,36). The second kappa shape index (κ2) is 13.7. The fourth-order valence-corrected chi connectivity index (χ4v) is 4.01. The predicted molar refractivity (Wildman–Crippen MR) is 141 cm³/mol. The molecule has 4 atom stereocenters. The normalized spacial score (nSPS) is 14.4. The summed E-state index contributed by atoms with van der Waals surface area (Å²) in [6.45, 7) is 3.66. The van der Waals surface area contributed by atoms with Gasteiger partial charge in [-0.2, -0.15) is 12.6 Å². The maximum Gasteiger partial charge on any atom is 0.326 e. The zero-order valence-electron chi connectivity index (χ0n) is 20.7. The number of aromatic nitrogens is 1.